The molecule has 0 aromatic rings. The smallest absolute Gasteiger partial charge is 0.407 e. The van der Waals surface area contributed by atoms with Crippen LogP contribution in [0.25, 0.3) is 0 Å². The van der Waals surface area contributed by atoms with Gasteiger partial charge in [-0.25, -0.2) is 9.18 Å². The van der Waals surface area contributed by atoms with E-state index in [-0.39, 0.29) is 19.1 Å². The van der Waals surface area contributed by atoms with Crippen molar-refractivity contribution in [3.63, 3.8) is 0 Å². The van der Waals surface area contributed by atoms with Crippen LogP contribution in [0.1, 0.15) is 52.9 Å². The van der Waals surface area contributed by atoms with Crippen molar-refractivity contribution in [1.82, 2.24) is 5.32 Å². The molecule has 106 valence electrons. The molecule has 0 atom stereocenters. The Hall–Kier alpha value is -0.840. The van der Waals surface area contributed by atoms with Gasteiger partial charge >= 0.3 is 6.09 Å². The van der Waals surface area contributed by atoms with Gasteiger partial charge in [0.05, 0.1) is 0 Å². The molecule has 2 N–H and O–H groups in total. The van der Waals surface area contributed by atoms with Crippen LogP contribution in [0.3, 0.4) is 0 Å². The molecule has 1 saturated carbocycles. The summed E-state index contributed by atoms with van der Waals surface area (Å²) in [5.74, 6) is 0. The van der Waals surface area contributed by atoms with Crippen molar-refractivity contribution in [2.75, 3.05) is 6.61 Å². The minimum Gasteiger partial charge on any atom is -0.444 e. The predicted octanol–water partition coefficient (Wildman–Crippen LogP) is 2.54. The van der Waals surface area contributed by atoms with Gasteiger partial charge in [-0.05, 0) is 46.5 Å². The Morgan fingerprint density at radius 3 is 2.44 bits per heavy atom. The number of alkyl halides is 1. The highest BCUT2D eigenvalue weighted by Crippen LogP contribution is 2.34. The van der Waals surface area contributed by atoms with Gasteiger partial charge in [-0.1, -0.05) is 0 Å². The molecule has 0 saturated heterocycles. The van der Waals surface area contributed by atoms with Crippen molar-refractivity contribution >= 4 is 6.09 Å². The molecule has 1 aliphatic carbocycles. The number of ether oxygens (including phenoxy) is 1. The maximum Gasteiger partial charge on any atom is 0.407 e. The van der Waals surface area contributed by atoms with Crippen molar-refractivity contribution in [3.05, 3.63) is 0 Å². The van der Waals surface area contributed by atoms with E-state index in [1.54, 1.807) is 20.8 Å². The molecule has 0 spiro atoms. The van der Waals surface area contributed by atoms with Crippen molar-refractivity contribution < 1.29 is 19.0 Å². The van der Waals surface area contributed by atoms with Crippen LogP contribution in [0, 0.1) is 0 Å². The Morgan fingerprint density at radius 2 is 2.00 bits per heavy atom. The number of rotatable bonds is 3. The Labute approximate surface area is 108 Å². The van der Waals surface area contributed by atoms with Crippen LogP contribution < -0.4 is 5.32 Å². The molecule has 1 fully saturated rings. The number of alkyl carbamates (subject to hydrolysis) is 1. The molecule has 0 unspecified atom stereocenters. The van der Waals surface area contributed by atoms with E-state index >= 15 is 0 Å². The normalized spacial score (nSPS) is 28.8. The van der Waals surface area contributed by atoms with Crippen LogP contribution in [0.4, 0.5) is 9.18 Å². The van der Waals surface area contributed by atoms with Crippen LogP contribution in [0.5, 0.6) is 0 Å². The third kappa shape index (κ3) is 5.21. The van der Waals surface area contributed by atoms with Gasteiger partial charge in [0, 0.05) is 19.1 Å². The maximum absolute atomic E-state index is 14.1. The second-order valence-electron chi connectivity index (χ2n) is 6.05. The number of carbonyl (C=O) groups excluding carboxylic acids is 1. The highest BCUT2D eigenvalue weighted by molar-refractivity contribution is 5.68. The maximum atomic E-state index is 14.1. The molecular formula is C13H24FNO3. The zero-order valence-corrected chi connectivity index (χ0v) is 11.5. The summed E-state index contributed by atoms with van der Waals surface area (Å²) < 4.78 is 19.2. The molecule has 5 heteroatoms. The lowest BCUT2D eigenvalue weighted by Gasteiger charge is -2.34. The summed E-state index contributed by atoms with van der Waals surface area (Å²) in [6.45, 7) is 5.30. The number of aliphatic hydroxyl groups excluding tert-OH is 1. The first-order valence-electron chi connectivity index (χ1n) is 6.53. The number of aliphatic hydroxyl groups is 1. The van der Waals surface area contributed by atoms with E-state index in [9.17, 15) is 9.18 Å². The third-order valence-corrected chi connectivity index (χ3v) is 3.16. The Bertz CT molecular complexity index is 280. The summed E-state index contributed by atoms with van der Waals surface area (Å²) in [4.78, 5) is 11.5. The lowest BCUT2D eigenvalue weighted by molar-refractivity contribution is 0.0382. The van der Waals surface area contributed by atoms with E-state index in [1.165, 1.54) is 0 Å². The summed E-state index contributed by atoms with van der Waals surface area (Å²) in [6, 6.07) is -0.0255. The molecule has 0 radical (unpaired) electrons. The molecule has 0 aromatic carbocycles. The lowest BCUT2D eigenvalue weighted by atomic mass is 9.82. The van der Waals surface area contributed by atoms with Crippen LogP contribution in [0.2, 0.25) is 0 Å². The van der Waals surface area contributed by atoms with Gasteiger partial charge in [-0.2, -0.15) is 0 Å². The molecule has 1 aliphatic rings. The van der Waals surface area contributed by atoms with Crippen molar-refractivity contribution in [1.29, 1.82) is 0 Å². The Morgan fingerprint density at radius 1 is 1.44 bits per heavy atom. The first-order valence-corrected chi connectivity index (χ1v) is 6.53. The quantitative estimate of drug-likeness (QED) is 0.820. The highest BCUT2D eigenvalue weighted by Gasteiger charge is 2.35. The second kappa shape index (κ2) is 5.87. The van der Waals surface area contributed by atoms with E-state index in [4.69, 9.17) is 9.84 Å². The fraction of sp³-hybridized carbons (Fsp3) is 0.923. The van der Waals surface area contributed by atoms with E-state index in [0.29, 0.717) is 25.7 Å². The molecule has 1 amide bonds. The number of carbonyl (C=O) groups is 1. The third-order valence-electron chi connectivity index (χ3n) is 3.16. The molecular weight excluding hydrogens is 237 g/mol. The molecule has 1 rings (SSSR count). The summed E-state index contributed by atoms with van der Waals surface area (Å²) in [7, 11) is 0. The lowest BCUT2D eigenvalue weighted by Crippen LogP contribution is -2.43. The summed E-state index contributed by atoms with van der Waals surface area (Å²) in [6.07, 6.45) is 1.70. The van der Waals surface area contributed by atoms with Crippen LogP contribution in [0.15, 0.2) is 0 Å². The molecule has 4 nitrogen and oxygen atoms in total. The molecule has 0 aromatic heterocycles. The molecule has 18 heavy (non-hydrogen) atoms. The number of hydrogen-bond acceptors (Lipinski definition) is 3. The van der Waals surface area contributed by atoms with Gasteiger partial charge in [0.25, 0.3) is 0 Å². The van der Waals surface area contributed by atoms with Gasteiger partial charge < -0.3 is 15.2 Å². The van der Waals surface area contributed by atoms with Crippen LogP contribution in [-0.4, -0.2) is 35.1 Å². The largest absolute Gasteiger partial charge is 0.444 e. The fourth-order valence-corrected chi connectivity index (χ4v) is 2.20. The van der Waals surface area contributed by atoms with Gasteiger partial charge in [-0.3, -0.25) is 0 Å². The van der Waals surface area contributed by atoms with Crippen LogP contribution in [-0.2, 0) is 4.74 Å². The predicted molar refractivity (Wildman–Crippen MR) is 67.2 cm³/mol. The van der Waals surface area contributed by atoms with E-state index in [2.05, 4.69) is 5.32 Å². The standard InChI is InChI=1S/C13H24FNO3/c1-12(2,3)18-11(17)15-10-4-6-13(14,7-5-10)8-9-16/h10,16H,4-9H2,1-3H3,(H,15,17). The van der Waals surface area contributed by atoms with Gasteiger partial charge in [0.15, 0.2) is 0 Å². The van der Waals surface area contributed by atoms with Crippen molar-refractivity contribution in [3.8, 4) is 0 Å². The van der Waals surface area contributed by atoms with E-state index in [1.807, 2.05) is 0 Å². The minimum absolute atomic E-state index is 0.0255. The second-order valence-corrected chi connectivity index (χ2v) is 6.05. The molecule has 0 bridgehead atoms. The average molecular weight is 261 g/mol. The van der Waals surface area contributed by atoms with Crippen molar-refractivity contribution in [2.45, 2.75) is 70.2 Å². The van der Waals surface area contributed by atoms with E-state index in [0.717, 1.165) is 0 Å². The highest BCUT2D eigenvalue weighted by atomic mass is 19.1. The average Bonchev–Trinajstić information content (AvgIpc) is 2.19. The van der Waals surface area contributed by atoms with E-state index < -0.39 is 17.4 Å². The number of halogens is 1. The van der Waals surface area contributed by atoms with Crippen molar-refractivity contribution in [2.24, 2.45) is 0 Å². The minimum atomic E-state index is -1.26. The SMILES string of the molecule is CC(C)(C)OC(=O)NC1CCC(F)(CCO)CC1. The van der Waals surface area contributed by atoms with Crippen LogP contribution >= 0.6 is 0 Å². The van der Waals surface area contributed by atoms with Gasteiger partial charge in [-0.15, -0.1) is 0 Å². The van der Waals surface area contributed by atoms with Gasteiger partial charge in [0.1, 0.15) is 11.3 Å². The zero-order chi connectivity index (χ0) is 13.8. The topological polar surface area (TPSA) is 58.6 Å². The molecule has 0 heterocycles. The number of nitrogens with one attached hydrogen (secondary N) is 1. The first-order chi connectivity index (χ1) is 8.24. The van der Waals surface area contributed by atoms with Gasteiger partial charge in [0.2, 0.25) is 0 Å². The zero-order valence-electron chi connectivity index (χ0n) is 11.5. The fourth-order valence-electron chi connectivity index (χ4n) is 2.20. The summed E-state index contributed by atoms with van der Waals surface area (Å²) in [5.41, 5.74) is -1.78. The Balaban J connectivity index is 2.33. The Kier molecular flexibility index (Phi) is 4.96. The monoisotopic (exact) mass is 261 g/mol. The number of hydrogen-bond donors (Lipinski definition) is 2. The summed E-state index contributed by atoms with van der Waals surface area (Å²) in [5, 5.41) is 11.6. The first kappa shape index (κ1) is 15.2. The number of amides is 1. The summed E-state index contributed by atoms with van der Waals surface area (Å²) >= 11 is 0. The molecule has 0 aliphatic heterocycles.